The molecular weight excluding hydrogens is 316 g/mol. The Labute approximate surface area is 149 Å². The Morgan fingerprint density at radius 1 is 0.960 bits per heavy atom. The summed E-state index contributed by atoms with van der Waals surface area (Å²) in [6.07, 6.45) is 4.61. The molecule has 0 saturated heterocycles. The maximum Gasteiger partial charge on any atom is 0.341 e. The predicted molar refractivity (Wildman–Crippen MR) is 98.2 cm³/mol. The molecule has 0 aliphatic carbocycles. The normalized spacial score (nSPS) is 10.5. The molecular formula is C21H26O4. The van der Waals surface area contributed by atoms with E-state index in [1.54, 1.807) is 13.2 Å². The molecule has 0 spiro atoms. The number of aliphatic hydroxyl groups excluding tert-OH is 1. The first-order chi connectivity index (χ1) is 12.2. The van der Waals surface area contributed by atoms with Gasteiger partial charge in [0, 0.05) is 6.61 Å². The van der Waals surface area contributed by atoms with Crippen molar-refractivity contribution in [3.05, 3.63) is 64.7 Å². The average molecular weight is 342 g/mol. The van der Waals surface area contributed by atoms with Crippen molar-refractivity contribution in [3.8, 4) is 5.75 Å². The molecule has 1 N–H and O–H groups in total. The number of benzene rings is 2. The van der Waals surface area contributed by atoms with Crippen molar-refractivity contribution in [2.45, 2.75) is 32.1 Å². The minimum absolute atomic E-state index is 0.245. The quantitative estimate of drug-likeness (QED) is 0.559. The average Bonchev–Trinajstić information content (AvgIpc) is 2.66. The molecule has 0 radical (unpaired) electrons. The zero-order valence-electron chi connectivity index (χ0n) is 15.0. The Hall–Kier alpha value is -2.33. The first-order valence-electron chi connectivity index (χ1n) is 8.62. The summed E-state index contributed by atoms with van der Waals surface area (Å²) in [6, 6.07) is 14.1. The molecule has 0 amide bonds. The third-order valence-electron chi connectivity index (χ3n) is 4.33. The SMILES string of the molecule is COC(=O)c1ccc(CCc2ccccc2CCCCO)cc1OC. The van der Waals surface area contributed by atoms with Crippen LogP contribution in [-0.4, -0.2) is 31.9 Å². The molecule has 0 fully saturated rings. The number of carbonyl (C=O) groups is 1. The maximum absolute atomic E-state index is 11.7. The lowest BCUT2D eigenvalue weighted by Gasteiger charge is -2.11. The van der Waals surface area contributed by atoms with Crippen LogP contribution in [0.25, 0.3) is 0 Å². The van der Waals surface area contributed by atoms with E-state index in [0.29, 0.717) is 11.3 Å². The van der Waals surface area contributed by atoms with E-state index in [9.17, 15) is 4.79 Å². The number of methoxy groups -OCH3 is 2. The largest absolute Gasteiger partial charge is 0.496 e. The fraction of sp³-hybridized carbons (Fsp3) is 0.381. The van der Waals surface area contributed by atoms with Crippen molar-refractivity contribution >= 4 is 5.97 Å². The highest BCUT2D eigenvalue weighted by Crippen LogP contribution is 2.23. The van der Waals surface area contributed by atoms with Crippen molar-refractivity contribution in [1.82, 2.24) is 0 Å². The highest BCUT2D eigenvalue weighted by molar-refractivity contribution is 5.92. The summed E-state index contributed by atoms with van der Waals surface area (Å²) in [5.74, 6) is 0.151. The molecule has 0 aliphatic heterocycles. The summed E-state index contributed by atoms with van der Waals surface area (Å²) in [4.78, 5) is 11.7. The standard InChI is InChI=1S/C21H26O4/c1-24-20-15-16(11-13-19(20)21(23)25-2)10-12-18-8-4-3-7-17(18)9-5-6-14-22/h3-4,7-8,11,13,15,22H,5-6,9-10,12,14H2,1-2H3. The van der Waals surface area contributed by atoms with Gasteiger partial charge in [0.15, 0.2) is 0 Å². The van der Waals surface area contributed by atoms with E-state index in [0.717, 1.165) is 37.7 Å². The lowest BCUT2D eigenvalue weighted by molar-refractivity contribution is 0.0597. The summed E-state index contributed by atoms with van der Waals surface area (Å²) in [7, 11) is 2.92. The van der Waals surface area contributed by atoms with Gasteiger partial charge in [0.1, 0.15) is 11.3 Å². The number of hydrogen-bond acceptors (Lipinski definition) is 4. The van der Waals surface area contributed by atoms with E-state index in [4.69, 9.17) is 14.6 Å². The Kier molecular flexibility index (Phi) is 7.48. The Morgan fingerprint density at radius 2 is 1.68 bits per heavy atom. The number of ether oxygens (including phenoxy) is 2. The second kappa shape index (κ2) is 9.84. The molecule has 134 valence electrons. The van der Waals surface area contributed by atoms with Gasteiger partial charge in [-0.1, -0.05) is 30.3 Å². The minimum Gasteiger partial charge on any atom is -0.496 e. The topological polar surface area (TPSA) is 55.8 Å². The monoisotopic (exact) mass is 342 g/mol. The van der Waals surface area contributed by atoms with Gasteiger partial charge in [-0.05, 0) is 60.9 Å². The number of hydrogen-bond donors (Lipinski definition) is 1. The van der Waals surface area contributed by atoms with Crippen LogP contribution < -0.4 is 4.74 Å². The summed E-state index contributed by atoms with van der Waals surface area (Å²) in [5, 5.41) is 8.95. The molecule has 0 heterocycles. The zero-order valence-corrected chi connectivity index (χ0v) is 15.0. The first-order valence-corrected chi connectivity index (χ1v) is 8.62. The van der Waals surface area contributed by atoms with Crippen molar-refractivity contribution in [2.24, 2.45) is 0 Å². The number of rotatable bonds is 9. The maximum atomic E-state index is 11.7. The van der Waals surface area contributed by atoms with Gasteiger partial charge in [-0.3, -0.25) is 0 Å². The molecule has 2 rings (SSSR count). The van der Waals surface area contributed by atoms with Gasteiger partial charge in [0.2, 0.25) is 0 Å². The Bertz CT molecular complexity index is 694. The van der Waals surface area contributed by atoms with Crippen LogP contribution in [-0.2, 0) is 24.0 Å². The summed E-state index contributed by atoms with van der Waals surface area (Å²) in [6.45, 7) is 0.245. The molecule has 2 aromatic rings. The van der Waals surface area contributed by atoms with Crippen LogP contribution in [0.15, 0.2) is 42.5 Å². The fourth-order valence-electron chi connectivity index (χ4n) is 2.92. The van der Waals surface area contributed by atoms with Gasteiger partial charge >= 0.3 is 5.97 Å². The summed E-state index contributed by atoms with van der Waals surface area (Å²) < 4.78 is 10.1. The van der Waals surface area contributed by atoms with Gasteiger partial charge in [-0.25, -0.2) is 4.79 Å². The molecule has 0 unspecified atom stereocenters. The van der Waals surface area contributed by atoms with E-state index in [2.05, 4.69) is 24.3 Å². The van der Waals surface area contributed by atoms with Crippen molar-refractivity contribution in [3.63, 3.8) is 0 Å². The Morgan fingerprint density at radius 3 is 2.32 bits per heavy atom. The van der Waals surface area contributed by atoms with Crippen LogP contribution in [0.4, 0.5) is 0 Å². The second-order valence-corrected chi connectivity index (χ2v) is 5.98. The van der Waals surface area contributed by atoms with Crippen LogP contribution in [0.3, 0.4) is 0 Å². The third-order valence-corrected chi connectivity index (χ3v) is 4.33. The number of unbranched alkanes of at least 4 members (excludes halogenated alkanes) is 1. The molecule has 4 nitrogen and oxygen atoms in total. The van der Waals surface area contributed by atoms with E-state index in [1.807, 2.05) is 12.1 Å². The fourth-order valence-corrected chi connectivity index (χ4v) is 2.92. The van der Waals surface area contributed by atoms with Crippen molar-refractivity contribution < 1.29 is 19.4 Å². The van der Waals surface area contributed by atoms with E-state index in [-0.39, 0.29) is 6.61 Å². The first kappa shape index (κ1) is 19.0. The minimum atomic E-state index is -0.391. The molecule has 0 aromatic heterocycles. The third kappa shape index (κ3) is 5.33. The number of carbonyl (C=O) groups excluding carboxylic acids is 1. The van der Waals surface area contributed by atoms with Gasteiger partial charge in [0.25, 0.3) is 0 Å². The van der Waals surface area contributed by atoms with Gasteiger partial charge in [-0.15, -0.1) is 0 Å². The summed E-state index contributed by atoms with van der Waals surface area (Å²) >= 11 is 0. The van der Waals surface area contributed by atoms with Gasteiger partial charge in [0.05, 0.1) is 14.2 Å². The van der Waals surface area contributed by atoms with Crippen LogP contribution in [0, 0.1) is 0 Å². The molecule has 4 heteroatoms. The molecule has 25 heavy (non-hydrogen) atoms. The van der Waals surface area contributed by atoms with E-state index < -0.39 is 5.97 Å². The lowest BCUT2D eigenvalue weighted by atomic mass is 9.96. The molecule has 2 aromatic carbocycles. The van der Waals surface area contributed by atoms with E-state index in [1.165, 1.54) is 18.2 Å². The smallest absolute Gasteiger partial charge is 0.341 e. The molecule has 0 atom stereocenters. The number of aryl methyl sites for hydroxylation is 3. The lowest BCUT2D eigenvalue weighted by Crippen LogP contribution is -2.05. The Balaban J connectivity index is 2.07. The highest BCUT2D eigenvalue weighted by atomic mass is 16.5. The number of aliphatic hydroxyl groups is 1. The molecule has 0 bridgehead atoms. The van der Waals surface area contributed by atoms with E-state index >= 15 is 0 Å². The zero-order chi connectivity index (χ0) is 18.1. The predicted octanol–water partition coefficient (Wildman–Crippen LogP) is 3.58. The van der Waals surface area contributed by atoms with Crippen LogP contribution in [0.5, 0.6) is 5.75 Å². The van der Waals surface area contributed by atoms with Gasteiger partial charge < -0.3 is 14.6 Å². The molecule has 0 saturated carbocycles. The van der Waals surface area contributed by atoms with Crippen LogP contribution in [0.2, 0.25) is 0 Å². The number of esters is 1. The van der Waals surface area contributed by atoms with Crippen LogP contribution >= 0.6 is 0 Å². The van der Waals surface area contributed by atoms with Crippen LogP contribution in [0.1, 0.15) is 39.9 Å². The second-order valence-electron chi connectivity index (χ2n) is 5.98. The summed E-state index contributed by atoms with van der Waals surface area (Å²) in [5.41, 5.74) is 4.23. The van der Waals surface area contributed by atoms with Gasteiger partial charge in [-0.2, -0.15) is 0 Å². The highest BCUT2D eigenvalue weighted by Gasteiger charge is 2.13. The molecule has 0 aliphatic rings. The van der Waals surface area contributed by atoms with Crippen molar-refractivity contribution in [2.75, 3.05) is 20.8 Å². The van der Waals surface area contributed by atoms with Crippen molar-refractivity contribution in [1.29, 1.82) is 0 Å².